The van der Waals surface area contributed by atoms with Crippen molar-refractivity contribution in [2.75, 3.05) is 23.9 Å². The summed E-state index contributed by atoms with van der Waals surface area (Å²) in [6.45, 7) is 0. The monoisotopic (exact) mass is 410 g/mol. The summed E-state index contributed by atoms with van der Waals surface area (Å²) in [7, 11) is -2.44. The Hall–Kier alpha value is -1.68. The molecule has 26 heavy (non-hydrogen) atoms. The molecule has 0 atom stereocenters. The predicted octanol–water partition coefficient (Wildman–Crippen LogP) is 3.07. The van der Waals surface area contributed by atoms with Crippen molar-refractivity contribution >= 4 is 45.1 Å². The van der Waals surface area contributed by atoms with E-state index in [1.807, 2.05) is 35.7 Å². The summed E-state index contributed by atoms with van der Waals surface area (Å²) in [4.78, 5) is 12.4. The van der Waals surface area contributed by atoms with E-state index in [2.05, 4.69) is 5.32 Å². The van der Waals surface area contributed by atoms with Crippen LogP contribution in [0.3, 0.4) is 0 Å². The largest absolute Gasteiger partial charge is 0.495 e. The summed E-state index contributed by atoms with van der Waals surface area (Å²) in [5, 5.41) is 7.84. The number of nitrogens with two attached hydrogens (primary N) is 1. The fraction of sp³-hybridized carbons (Fsp3) is 0.235. The molecule has 0 radical (unpaired) electrons. The van der Waals surface area contributed by atoms with Gasteiger partial charge in [0.15, 0.2) is 0 Å². The molecule has 1 amide bonds. The van der Waals surface area contributed by atoms with Gasteiger partial charge in [-0.25, -0.2) is 13.6 Å². The highest BCUT2D eigenvalue weighted by molar-refractivity contribution is 8.19. The highest BCUT2D eigenvalue weighted by atomic mass is 32.2. The zero-order valence-corrected chi connectivity index (χ0v) is 16.4. The summed E-state index contributed by atoms with van der Waals surface area (Å²) in [6.07, 6.45) is 0. The van der Waals surface area contributed by atoms with Crippen molar-refractivity contribution in [3.63, 3.8) is 0 Å². The minimum atomic E-state index is -3.88. The molecule has 0 unspecified atom stereocenters. The second-order valence-electron chi connectivity index (χ2n) is 5.56. The van der Waals surface area contributed by atoms with E-state index >= 15 is 0 Å². The maximum atomic E-state index is 12.5. The van der Waals surface area contributed by atoms with Crippen molar-refractivity contribution in [3.05, 3.63) is 53.6 Å². The third kappa shape index (κ3) is 4.35. The van der Waals surface area contributed by atoms with Crippen molar-refractivity contribution in [2.24, 2.45) is 5.14 Å². The molecule has 0 bridgehead atoms. The Labute approximate surface area is 160 Å². The van der Waals surface area contributed by atoms with Gasteiger partial charge in [0.25, 0.3) is 5.91 Å². The van der Waals surface area contributed by atoms with E-state index in [0.717, 1.165) is 11.5 Å². The van der Waals surface area contributed by atoms with E-state index in [-0.39, 0.29) is 16.5 Å². The van der Waals surface area contributed by atoms with Crippen LogP contribution in [0.15, 0.2) is 47.4 Å². The summed E-state index contributed by atoms with van der Waals surface area (Å²) >= 11 is 3.80. The number of carbonyl (C=O) groups is 1. The van der Waals surface area contributed by atoms with Gasteiger partial charge in [-0.2, -0.15) is 0 Å². The van der Waals surface area contributed by atoms with Gasteiger partial charge in [-0.1, -0.05) is 12.1 Å². The Kier molecular flexibility index (Phi) is 5.81. The van der Waals surface area contributed by atoms with Gasteiger partial charge in [0.1, 0.15) is 5.75 Å². The van der Waals surface area contributed by atoms with Gasteiger partial charge in [0, 0.05) is 17.1 Å². The number of primary sulfonamides is 1. The number of rotatable bonds is 5. The molecule has 0 saturated carbocycles. The van der Waals surface area contributed by atoms with E-state index < -0.39 is 10.0 Å². The standard InChI is InChI=1S/C17H18N2O4S3/c1-23-15-7-6-13(26(18,21)22)10-14(15)19-16(20)11-2-4-12(5-3-11)17-24-8-9-25-17/h2-7,10,17H,8-9H2,1H3,(H,19,20)(H2,18,21,22). The highest BCUT2D eigenvalue weighted by Crippen LogP contribution is 2.45. The molecule has 0 aliphatic carbocycles. The zero-order valence-electron chi connectivity index (χ0n) is 14.0. The predicted molar refractivity (Wildman–Crippen MR) is 106 cm³/mol. The number of sulfonamides is 1. The number of anilines is 1. The van der Waals surface area contributed by atoms with E-state index in [0.29, 0.717) is 15.9 Å². The van der Waals surface area contributed by atoms with Crippen molar-refractivity contribution < 1.29 is 17.9 Å². The van der Waals surface area contributed by atoms with E-state index in [1.165, 1.54) is 30.9 Å². The average molecular weight is 411 g/mol. The van der Waals surface area contributed by atoms with Crippen LogP contribution in [0.5, 0.6) is 5.75 Å². The molecule has 138 valence electrons. The first-order valence-electron chi connectivity index (χ1n) is 7.74. The van der Waals surface area contributed by atoms with Crippen LogP contribution in [0.4, 0.5) is 5.69 Å². The van der Waals surface area contributed by atoms with Crippen molar-refractivity contribution in [1.82, 2.24) is 0 Å². The van der Waals surface area contributed by atoms with Gasteiger partial charge in [0.2, 0.25) is 10.0 Å². The van der Waals surface area contributed by atoms with Gasteiger partial charge in [0.05, 0.1) is 22.3 Å². The molecule has 1 saturated heterocycles. The number of carbonyl (C=O) groups excluding carboxylic acids is 1. The van der Waals surface area contributed by atoms with Crippen LogP contribution in [0.25, 0.3) is 0 Å². The van der Waals surface area contributed by atoms with Crippen LogP contribution >= 0.6 is 23.5 Å². The second-order valence-corrected chi connectivity index (χ2v) is 9.84. The first-order valence-corrected chi connectivity index (χ1v) is 11.4. The van der Waals surface area contributed by atoms with Crippen LogP contribution < -0.4 is 15.2 Å². The molecular weight excluding hydrogens is 392 g/mol. The first-order chi connectivity index (χ1) is 12.4. The Bertz CT molecular complexity index is 908. The van der Waals surface area contributed by atoms with Crippen molar-refractivity contribution in [1.29, 1.82) is 0 Å². The van der Waals surface area contributed by atoms with Gasteiger partial charge in [-0.05, 0) is 35.9 Å². The number of methoxy groups -OCH3 is 1. The van der Waals surface area contributed by atoms with Gasteiger partial charge >= 0.3 is 0 Å². The lowest BCUT2D eigenvalue weighted by Crippen LogP contribution is -2.15. The maximum absolute atomic E-state index is 12.5. The minimum absolute atomic E-state index is 0.0979. The van der Waals surface area contributed by atoms with Gasteiger partial charge in [-0.15, -0.1) is 23.5 Å². The van der Waals surface area contributed by atoms with Gasteiger partial charge in [-0.3, -0.25) is 4.79 Å². The SMILES string of the molecule is COc1ccc(S(N)(=O)=O)cc1NC(=O)c1ccc(C2SCCS2)cc1. The molecular formula is C17H18N2O4S3. The Morgan fingerprint density at radius 1 is 1.15 bits per heavy atom. The number of nitrogens with one attached hydrogen (secondary N) is 1. The summed E-state index contributed by atoms with van der Waals surface area (Å²) in [6, 6.07) is 11.5. The molecule has 0 aromatic heterocycles. The lowest BCUT2D eigenvalue weighted by molar-refractivity contribution is 0.102. The fourth-order valence-corrected chi connectivity index (χ4v) is 5.90. The molecule has 2 aromatic rings. The van der Waals surface area contributed by atoms with Crippen LogP contribution in [-0.2, 0) is 10.0 Å². The quantitative estimate of drug-likeness (QED) is 0.786. The van der Waals surface area contributed by atoms with Crippen molar-refractivity contribution in [3.8, 4) is 5.75 Å². The normalized spacial score (nSPS) is 15.0. The van der Waals surface area contributed by atoms with Gasteiger partial charge < -0.3 is 10.1 Å². The van der Waals surface area contributed by atoms with Crippen molar-refractivity contribution in [2.45, 2.75) is 9.48 Å². The van der Waals surface area contributed by atoms with Crippen LogP contribution in [-0.4, -0.2) is 32.9 Å². The molecule has 1 fully saturated rings. The Morgan fingerprint density at radius 2 is 1.81 bits per heavy atom. The number of thioether (sulfide) groups is 2. The fourth-order valence-electron chi connectivity index (χ4n) is 2.50. The number of hydrogen-bond acceptors (Lipinski definition) is 6. The number of benzene rings is 2. The summed E-state index contributed by atoms with van der Waals surface area (Å²) in [5.74, 6) is 2.27. The molecule has 1 aliphatic rings. The summed E-state index contributed by atoms with van der Waals surface area (Å²) in [5.41, 5.74) is 1.91. The smallest absolute Gasteiger partial charge is 0.255 e. The van der Waals surface area contributed by atoms with Crippen LogP contribution in [0, 0.1) is 0 Å². The molecule has 6 nitrogen and oxygen atoms in total. The summed E-state index contributed by atoms with van der Waals surface area (Å²) < 4.78 is 28.6. The lowest BCUT2D eigenvalue weighted by atomic mass is 10.1. The van der Waals surface area contributed by atoms with Crippen LogP contribution in [0.1, 0.15) is 20.5 Å². The topological polar surface area (TPSA) is 98.5 Å². The number of amides is 1. The van der Waals surface area contributed by atoms with E-state index in [1.54, 1.807) is 12.1 Å². The Balaban J connectivity index is 1.80. The minimum Gasteiger partial charge on any atom is -0.495 e. The van der Waals surface area contributed by atoms with E-state index in [4.69, 9.17) is 9.88 Å². The maximum Gasteiger partial charge on any atom is 0.255 e. The highest BCUT2D eigenvalue weighted by Gasteiger charge is 2.19. The first kappa shape index (κ1) is 19.1. The molecule has 9 heteroatoms. The molecule has 2 aromatic carbocycles. The lowest BCUT2D eigenvalue weighted by Gasteiger charge is -2.12. The third-order valence-electron chi connectivity index (χ3n) is 3.81. The molecule has 1 heterocycles. The third-order valence-corrected chi connectivity index (χ3v) is 7.83. The zero-order chi connectivity index (χ0) is 18.7. The molecule has 3 N–H and O–H groups in total. The second kappa shape index (κ2) is 7.91. The Morgan fingerprint density at radius 3 is 2.38 bits per heavy atom. The van der Waals surface area contributed by atoms with E-state index in [9.17, 15) is 13.2 Å². The number of ether oxygens (including phenoxy) is 1. The molecule has 1 aliphatic heterocycles. The number of hydrogen-bond donors (Lipinski definition) is 2. The van der Waals surface area contributed by atoms with Crippen LogP contribution in [0.2, 0.25) is 0 Å². The molecule has 0 spiro atoms. The molecule has 3 rings (SSSR count). The average Bonchev–Trinajstić information content (AvgIpc) is 3.15.